The average Bonchev–Trinajstić information content (AvgIpc) is 1.60. The van der Waals surface area contributed by atoms with E-state index in [9.17, 15) is 76.5 Å². The van der Waals surface area contributed by atoms with E-state index in [1.165, 1.54) is 13.8 Å². The van der Waals surface area contributed by atoms with Gasteiger partial charge in [0.1, 0.15) is 66.0 Å². The van der Waals surface area contributed by atoms with Gasteiger partial charge < -0.3 is 79.2 Å². The van der Waals surface area contributed by atoms with E-state index in [2.05, 4.69) is 58.5 Å². The summed E-state index contributed by atoms with van der Waals surface area (Å²) in [5, 5.41) is 49.1. The highest BCUT2D eigenvalue weighted by Gasteiger charge is 2.62. The Morgan fingerprint density at radius 2 is 1.17 bits per heavy atom. The maximum absolute atomic E-state index is 14.4. The number of cyclic esters (lactones) is 1. The zero-order valence-corrected chi connectivity index (χ0v) is 53.5. The fraction of sp³-hybridized carbons (Fsp3) is 0.705. The SMILES string of the molecule is CCCCCCC[C@H](NC(=O)[C@@H](Cc1ccccc1)NC)C(=O)N[C@@H](CO)C(=O)N[C@H](CCC(N)=O)C(=O)N[C@@H](C(=O)N[C@H](C(=O)N[C@@H](CO)C(=O)N[C@H]1C(=O)N[C@@H](C)C(=O)NC2(CC2CC(F)F)C(=O)N[C@@H]([C@@H](C)CC)C(=O)O[C@H]1C)[C@@H](C)CC)[C@@H](C)CC. The van der Waals surface area contributed by atoms with Crippen LogP contribution in [0.5, 0.6) is 0 Å². The van der Waals surface area contributed by atoms with Crippen LogP contribution < -0.4 is 64.2 Å². The Morgan fingerprint density at radius 1 is 0.656 bits per heavy atom. The van der Waals surface area contributed by atoms with Crippen LogP contribution in [-0.2, 0) is 68.7 Å². The number of hydrogen-bond donors (Lipinski definition) is 14. The first-order chi connectivity index (χ1) is 42.6. The van der Waals surface area contributed by atoms with E-state index in [1.54, 1.807) is 48.6 Å². The highest BCUT2D eigenvalue weighted by atomic mass is 19.3. The number of likely N-dealkylation sites (N-methyl/N-ethyl adjacent to an activating group) is 1. The van der Waals surface area contributed by atoms with Crippen LogP contribution in [-0.4, -0.2) is 180 Å². The summed E-state index contributed by atoms with van der Waals surface area (Å²) in [5.74, 6) is -14.4. The molecule has 3 rings (SSSR count). The van der Waals surface area contributed by atoms with Gasteiger partial charge in [0, 0.05) is 12.8 Å². The van der Waals surface area contributed by atoms with Crippen LogP contribution in [0, 0.1) is 23.7 Å². The first-order valence-electron chi connectivity index (χ1n) is 31.3. The fourth-order valence-electron chi connectivity index (χ4n) is 10.2. The van der Waals surface area contributed by atoms with Crippen molar-refractivity contribution in [2.75, 3.05) is 20.3 Å². The number of carbonyl (C=O) groups excluding carboxylic acids is 12. The molecule has 1 saturated carbocycles. The number of aliphatic hydroxyl groups excluding tert-OH is 2. The van der Waals surface area contributed by atoms with Crippen molar-refractivity contribution in [3.05, 3.63) is 35.9 Å². The minimum absolute atomic E-state index is 0.183. The van der Waals surface area contributed by atoms with Crippen LogP contribution >= 0.6 is 0 Å². The molecule has 1 aromatic rings. The number of amides is 11. The number of nitrogens with one attached hydrogen (secondary N) is 11. The third-order valence-corrected chi connectivity index (χ3v) is 16.9. The Labute approximate surface area is 525 Å². The van der Waals surface area contributed by atoms with Crippen molar-refractivity contribution in [3.8, 4) is 0 Å². The van der Waals surface area contributed by atoms with Crippen molar-refractivity contribution in [1.82, 2.24) is 58.5 Å². The Balaban J connectivity index is 1.86. The Bertz CT molecular complexity index is 2610. The number of benzene rings is 1. The molecule has 2 unspecified atom stereocenters. The molecule has 15 N–H and O–H groups in total. The standard InChI is InChI=1S/C61H98F2N12O15/c1-11-15-16-17-21-24-39(67-53(82)41(65-10)27-37-22-19-18-20-23-37)51(80)69-42(30-76)54(83)68-40(25-26-45(64)78)52(81)71-47(33(6)13-3)57(86)72-46(32(5)12-2)56(85)70-43(31-77)55(84)73-49-36(9)90-59(88)48(34(7)14-4)74-60(89)61(29-38(61)28-44(62)63)75-50(79)35(8)66-58(49)87/h18-20,22-23,32-36,38-44,46-49,65,76-77H,11-17,21,24-31H2,1-10H3,(H2,64,78)(H,66,87)(H,67,82)(H,68,83)(H,69,80)(H,70,85)(H,71,81)(H,72,86)(H,73,84)(H,74,89)(H,75,79)/t32-,33-,34-,35-,36-,38?,39-,40+,41+,42-,43-,46-,47+,48-,49+,61?/m0/s1. The largest absolute Gasteiger partial charge is 0.458 e. The Kier molecular flexibility index (Phi) is 32.2. The highest BCUT2D eigenvalue weighted by Crippen LogP contribution is 2.48. The van der Waals surface area contributed by atoms with E-state index in [1.807, 2.05) is 37.3 Å². The second-order valence-electron chi connectivity index (χ2n) is 23.8. The van der Waals surface area contributed by atoms with Crippen LogP contribution in [0.3, 0.4) is 0 Å². The smallest absolute Gasteiger partial charge is 0.329 e. The predicted molar refractivity (Wildman–Crippen MR) is 326 cm³/mol. The van der Waals surface area contributed by atoms with Crippen LogP contribution in [0.4, 0.5) is 8.78 Å². The molecule has 90 heavy (non-hydrogen) atoms. The number of ether oxygens (including phenoxy) is 1. The molecule has 1 aliphatic carbocycles. The Morgan fingerprint density at radius 3 is 1.71 bits per heavy atom. The predicted octanol–water partition coefficient (Wildman–Crippen LogP) is -0.576. The lowest BCUT2D eigenvalue weighted by Crippen LogP contribution is -2.63. The summed E-state index contributed by atoms with van der Waals surface area (Å²) in [4.78, 5) is 166. The van der Waals surface area contributed by atoms with Gasteiger partial charge in [-0.25, -0.2) is 13.6 Å². The van der Waals surface area contributed by atoms with Crippen molar-refractivity contribution in [2.45, 2.75) is 231 Å². The quantitative estimate of drug-likeness (QED) is 0.0295. The molecule has 1 saturated heterocycles. The normalized spacial score (nSPS) is 22.8. The molecule has 27 nitrogen and oxygen atoms in total. The molecule has 16 atom stereocenters. The first-order valence-corrected chi connectivity index (χ1v) is 31.3. The molecule has 29 heteroatoms. The van der Waals surface area contributed by atoms with Crippen LogP contribution in [0.1, 0.15) is 151 Å². The number of nitrogens with two attached hydrogens (primary N) is 1. The fourth-order valence-corrected chi connectivity index (χ4v) is 10.2. The molecule has 1 heterocycles. The van der Waals surface area contributed by atoms with E-state index >= 15 is 0 Å². The van der Waals surface area contributed by atoms with E-state index < -0.39 is 206 Å². The van der Waals surface area contributed by atoms with Crippen molar-refractivity contribution in [2.24, 2.45) is 29.4 Å². The summed E-state index contributed by atoms with van der Waals surface area (Å²) in [6, 6.07) is -5.48. The molecular formula is C61H98F2N12O15. The van der Waals surface area contributed by atoms with Crippen LogP contribution in [0.2, 0.25) is 0 Å². The number of unbranched alkanes of at least 4 members (excludes halogenated alkanes) is 4. The van der Waals surface area contributed by atoms with Gasteiger partial charge in [0.25, 0.3) is 0 Å². The van der Waals surface area contributed by atoms with Gasteiger partial charge in [0.05, 0.1) is 19.3 Å². The van der Waals surface area contributed by atoms with Crippen LogP contribution in [0.15, 0.2) is 30.3 Å². The second-order valence-corrected chi connectivity index (χ2v) is 23.8. The third-order valence-electron chi connectivity index (χ3n) is 16.9. The molecule has 0 radical (unpaired) electrons. The van der Waals surface area contributed by atoms with E-state index in [4.69, 9.17) is 10.5 Å². The van der Waals surface area contributed by atoms with Crippen LogP contribution in [0.25, 0.3) is 0 Å². The molecule has 1 spiro atoms. The summed E-state index contributed by atoms with van der Waals surface area (Å²) in [6.45, 7) is 12.3. The number of alkyl halides is 2. The number of rotatable bonds is 36. The maximum atomic E-state index is 14.4. The summed E-state index contributed by atoms with van der Waals surface area (Å²) >= 11 is 0. The molecule has 0 aromatic heterocycles. The number of primary amides is 1. The van der Waals surface area contributed by atoms with Crippen molar-refractivity contribution < 1.29 is 81.3 Å². The summed E-state index contributed by atoms with van der Waals surface area (Å²) in [6.07, 6.45) is -0.830. The summed E-state index contributed by atoms with van der Waals surface area (Å²) < 4.78 is 32.8. The minimum Gasteiger partial charge on any atom is -0.458 e. The van der Waals surface area contributed by atoms with Gasteiger partial charge in [-0.3, -0.25) is 52.7 Å². The van der Waals surface area contributed by atoms with Gasteiger partial charge in [-0.1, -0.05) is 130 Å². The lowest BCUT2D eigenvalue weighted by atomic mass is 9.94. The number of aliphatic hydroxyl groups is 2. The van der Waals surface area contributed by atoms with Crippen molar-refractivity contribution >= 4 is 70.9 Å². The minimum atomic E-state index is -2.83. The molecule has 1 aromatic carbocycles. The van der Waals surface area contributed by atoms with E-state index in [0.29, 0.717) is 19.3 Å². The average molecular weight is 1280 g/mol. The van der Waals surface area contributed by atoms with Gasteiger partial charge in [0.2, 0.25) is 71.4 Å². The van der Waals surface area contributed by atoms with Crippen molar-refractivity contribution in [1.29, 1.82) is 0 Å². The number of halogens is 2. The van der Waals surface area contributed by atoms with E-state index in [-0.39, 0.29) is 25.7 Å². The number of esters is 1. The van der Waals surface area contributed by atoms with Gasteiger partial charge in [0.15, 0.2) is 0 Å². The Hall–Kier alpha value is -7.40. The highest BCUT2D eigenvalue weighted by molar-refractivity contribution is 6.01. The molecule has 506 valence electrons. The molecule has 2 fully saturated rings. The summed E-state index contributed by atoms with van der Waals surface area (Å²) in [5.41, 5.74) is 4.49. The number of hydrogen-bond acceptors (Lipinski definition) is 16. The maximum Gasteiger partial charge on any atom is 0.329 e. The van der Waals surface area contributed by atoms with Gasteiger partial charge in [-0.15, -0.1) is 0 Å². The molecular weight excluding hydrogens is 1180 g/mol. The second kappa shape index (κ2) is 37.7. The number of carbonyl (C=O) groups is 12. The van der Waals surface area contributed by atoms with Gasteiger partial charge in [-0.2, -0.15) is 0 Å². The lowest BCUT2D eigenvalue weighted by Gasteiger charge is -2.31. The van der Waals surface area contributed by atoms with Crippen molar-refractivity contribution in [3.63, 3.8) is 0 Å². The topological polar surface area (TPSA) is 413 Å². The van der Waals surface area contributed by atoms with Gasteiger partial charge in [-0.05, 0) is 75.8 Å². The lowest BCUT2D eigenvalue weighted by molar-refractivity contribution is -0.157. The molecule has 1 aliphatic heterocycles. The molecule has 11 amide bonds. The van der Waals surface area contributed by atoms with Gasteiger partial charge >= 0.3 is 5.97 Å². The van der Waals surface area contributed by atoms with E-state index in [0.717, 1.165) is 31.2 Å². The molecule has 0 bridgehead atoms. The molecule has 2 aliphatic rings. The monoisotopic (exact) mass is 1280 g/mol. The summed E-state index contributed by atoms with van der Waals surface area (Å²) in [7, 11) is 1.60. The third kappa shape index (κ3) is 23.1. The zero-order valence-electron chi connectivity index (χ0n) is 53.5. The first kappa shape index (κ1) is 76.8. The zero-order chi connectivity index (χ0) is 67.6.